The number of carbonyl (C=O) groups excluding carboxylic acids is 1. The van der Waals surface area contributed by atoms with E-state index in [4.69, 9.17) is 0 Å². The fourth-order valence-corrected chi connectivity index (χ4v) is 1.30. The number of rotatable bonds is 3. The van der Waals surface area contributed by atoms with Crippen LogP contribution < -0.4 is 5.32 Å². The van der Waals surface area contributed by atoms with Crippen LogP contribution in [-0.4, -0.2) is 30.5 Å². The van der Waals surface area contributed by atoms with Crippen molar-refractivity contribution in [3.05, 3.63) is 0 Å². The molecule has 11 heteroatoms. The third kappa shape index (κ3) is 2.95. The van der Waals surface area contributed by atoms with Gasteiger partial charge in [0.25, 0.3) is 5.91 Å². The first-order valence-corrected chi connectivity index (χ1v) is 5.14. The SMILES string of the molecule is CCC(C)NC(=O)C(C(F)(F)F)(C(F)(F)F)C(F)(F)F. The van der Waals surface area contributed by atoms with Crippen molar-refractivity contribution >= 4 is 5.91 Å². The smallest absolute Gasteiger partial charge is 0.352 e. The van der Waals surface area contributed by atoms with E-state index in [2.05, 4.69) is 0 Å². The van der Waals surface area contributed by atoms with E-state index in [1.807, 2.05) is 0 Å². The summed E-state index contributed by atoms with van der Waals surface area (Å²) in [6.07, 6.45) is -20.8. The van der Waals surface area contributed by atoms with Gasteiger partial charge in [-0.25, -0.2) is 0 Å². The molecule has 0 aromatic rings. The number of nitrogens with one attached hydrogen (secondary N) is 1. The van der Waals surface area contributed by atoms with E-state index in [9.17, 15) is 44.3 Å². The lowest BCUT2D eigenvalue weighted by atomic mass is 9.83. The van der Waals surface area contributed by atoms with Crippen LogP contribution in [0.4, 0.5) is 39.5 Å². The normalized spacial score (nSPS) is 15.9. The van der Waals surface area contributed by atoms with Gasteiger partial charge in [-0.05, 0) is 13.3 Å². The van der Waals surface area contributed by atoms with E-state index in [0.29, 0.717) is 0 Å². The largest absolute Gasteiger partial charge is 0.421 e. The van der Waals surface area contributed by atoms with Crippen LogP contribution in [0.2, 0.25) is 0 Å². The molecular formula is C9H10F9NO. The molecular weight excluding hydrogens is 309 g/mol. The molecule has 0 aromatic carbocycles. The molecule has 120 valence electrons. The van der Waals surface area contributed by atoms with Crippen molar-refractivity contribution in [2.75, 3.05) is 0 Å². The molecule has 0 saturated heterocycles. The maximum absolute atomic E-state index is 12.5. The zero-order valence-electron chi connectivity index (χ0n) is 10.1. The lowest BCUT2D eigenvalue weighted by Gasteiger charge is -2.37. The quantitative estimate of drug-likeness (QED) is 0.792. The van der Waals surface area contributed by atoms with Gasteiger partial charge in [0.05, 0.1) is 0 Å². The van der Waals surface area contributed by atoms with Crippen molar-refractivity contribution in [1.29, 1.82) is 0 Å². The van der Waals surface area contributed by atoms with Gasteiger partial charge in [-0.2, -0.15) is 39.5 Å². The maximum Gasteiger partial charge on any atom is 0.421 e. The van der Waals surface area contributed by atoms with Gasteiger partial charge >= 0.3 is 23.9 Å². The summed E-state index contributed by atoms with van der Waals surface area (Å²) in [6.45, 7) is 2.24. The van der Waals surface area contributed by atoms with Crippen molar-refractivity contribution in [2.45, 2.75) is 44.8 Å². The van der Waals surface area contributed by atoms with Crippen LogP contribution in [-0.2, 0) is 4.79 Å². The summed E-state index contributed by atoms with van der Waals surface area (Å²) in [4.78, 5) is 11.1. The molecule has 1 amide bonds. The Morgan fingerprint density at radius 1 is 0.900 bits per heavy atom. The van der Waals surface area contributed by atoms with Crippen LogP contribution in [0.15, 0.2) is 0 Å². The Morgan fingerprint density at radius 3 is 1.40 bits per heavy atom. The molecule has 1 unspecified atom stereocenters. The van der Waals surface area contributed by atoms with Crippen LogP contribution in [0.1, 0.15) is 20.3 Å². The Balaban J connectivity index is 6.13. The summed E-state index contributed by atoms with van der Waals surface area (Å²) in [7, 11) is 0. The van der Waals surface area contributed by atoms with Crippen LogP contribution in [0.3, 0.4) is 0 Å². The van der Waals surface area contributed by atoms with E-state index in [0.717, 1.165) is 12.2 Å². The van der Waals surface area contributed by atoms with Crippen molar-refractivity contribution in [3.8, 4) is 0 Å². The van der Waals surface area contributed by atoms with Gasteiger partial charge in [0, 0.05) is 6.04 Å². The summed E-state index contributed by atoms with van der Waals surface area (Å²) in [5.41, 5.74) is -6.45. The molecule has 0 radical (unpaired) electrons. The minimum Gasteiger partial charge on any atom is -0.352 e. The lowest BCUT2D eigenvalue weighted by molar-refractivity contribution is -0.406. The zero-order chi connectivity index (χ0) is 16.6. The van der Waals surface area contributed by atoms with Crippen LogP contribution in [0.25, 0.3) is 0 Å². The number of amides is 1. The average molecular weight is 319 g/mol. The first kappa shape index (κ1) is 18.8. The molecule has 0 saturated carbocycles. The average Bonchev–Trinajstić information content (AvgIpc) is 2.10. The third-order valence-corrected chi connectivity index (χ3v) is 2.61. The van der Waals surface area contributed by atoms with E-state index < -0.39 is 35.9 Å². The van der Waals surface area contributed by atoms with E-state index in [1.54, 1.807) is 0 Å². The van der Waals surface area contributed by atoms with Crippen molar-refractivity contribution in [3.63, 3.8) is 0 Å². The zero-order valence-corrected chi connectivity index (χ0v) is 10.1. The fourth-order valence-electron chi connectivity index (χ4n) is 1.30. The highest BCUT2D eigenvalue weighted by molar-refractivity contribution is 5.85. The summed E-state index contributed by atoms with van der Waals surface area (Å²) >= 11 is 0. The predicted molar refractivity (Wildman–Crippen MR) is 48.5 cm³/mol. The topological polar surface area (TPSA) is 29.1 Å². The molecule has 0 aromatic heterocycles. The molecule has 0 spiro atoms. The van der Waals surface area contributed by atoms with Gasteiger partial charge in [0.1, 0.15) is 0 Å². The van der Waals surface area contributed by atoms with Gasteiger partial charge in [0.2, 0.25) is 0 Å². The van der Waals surface area contributed by atoms with E-state index in [1.165, 1.54) is 6.92 Å². The number of halogens is 9. The Labute approximate surface area is 107 Å². The molecule has 0 aliphatic rings. The number of hydrogen-bond acceptors (Lipinski definition) is 1. The first-order valence-electron chi connectivity index (χ1n) is 5.14. The van der Waals surface area contributed by atoms with Crippen molar-refractivity contribution in [2.24, 2.45) is 5.41 Å². The highest BCUT2D eigenvalue weighted by Gasteiger charge is 2.88. The van der Waals surface area contributed by atoms with Crippen LogP contribution in [0.5, 0.6) is 0 Å². The second kappa shape index (κ2) is 5.32. The summed E-state index contributed by atoms with van der Waals surface area (Å²) in [6, 6.07) is -1.28. The molecule has 0 aliphatic carbocycles. The summed E-state index contributed by atoms with van der Waals surface area (Å²) < 4.78 is 112. The van der Waals surface area contributed by atoms with E-state index >= 15 is 0 Å². The Kier molecular flexibility index (Phi) is 5.01. The molecule has 1 N–H and O–H groups in total. The number of alkyl halides is 9. The van der Waals surface area contributed by atoms with Crippen molar-refractivity contribution in [1.82, 2.24) is 5.32 Å². The summed E-state index contributed by atoms with van der Waals surface area (Å²) in [5, 5.41) is 1.09. The molecule has 2 nitrogen and oxygen atoms in total. The van der Waals surface area contributed by atoms with Gasteiger partial charge < -0.3 is 5.32 Å². The highest BCUT2D eigenvalue weighted by atomic mass is 19.4. The molecule has 20 heavy (non-hydrogen) atoms. The van der Waals surface area contributed by atoms with Gasteiger partial charge in [-0.1, -0.05) is 6.92 Å². The molecule has 0 rings (SSSR count). The van der Waals surface area contributed by atoms with Crippen LogP contribution in [0, 0.1) is 5.41 Å². The third-order valence-electron chi connectivity index (χ3n) is 2.61. The first-order chi connectivity index (χ1) is 8.63. The highest BCUT2D eigenvalue weighted by Crippen LogP contribution is 2.59. The van der Waals surface area contributed by atoms with Crippen LogP contribution >= 0.6 is 0 Å². The minimum absolute atomic E-state index is 0.143. The Hall–Kier alpha value is -1.16. The number of carbonyl (C=O) groups is 1. The lowest BCUT2D eigenvalue weighted by Crippen LogP contribution is -2.67. The summed E-state index contributed by atoms with van der Waals surface area (Å²) in [5.74, 6) is -3.18. The van der Waals surface area contributed by atoms with Gasteiger partial charge in [-0.3, -0.25) is 4.79 Å². The molecule has 0 aliphatic heterocycles. The van der Waals surface area contributed by atoms with Gasteiger partial charge in [-0.15, -0.1) is 0 Å². The molecule has 0 fully saturated rings. The van der Waals surface area contributed by atoms with E-state index in [-0.39, 0.29) is 6.42 Å². The number of hydrogen-bond donors (Lipinski definition) is 1. The second-order valence-corrected chi connectivity index (χ2v) is 4.03. The molecule has 0 heterocycles. The molecule has 0 bridgehead atoms. The van der Waals surface area contributed by atoms with Gasteiger partial charge in [0.15, 0.2) is 0 Å². The van der Waals surface area contributed by atoms with Crippen molar-refractivity contribution < 1.29 is 44.3 Å². The monoisotopic (exact) mass is 319 g/mol. The Bertz CT molecular complexity index is 318. The Morgan fingerprint density at radius 2 is 1.20 bits per heavy atom. The second-order valence-electron chi connectivity index (χ2n) is 4.03. The maximum atomic E-state index is 12.5. The minimum atomic E-state index is -6.87. The molecule has 1 atom stereocenters. The predicted octanol–water partition coefficient (Wildman–Crippen LogP) is 3.57. The standard InChI is InChI=1S/C9H10F9NO/c1-3-4(2)19-5(20)6(7(10,11)12,8(13,14)15)9(16,17)18/h4H,3H2,1-2H3,(H,19,20). The fraction of sp³-hybridized carbons (Fsp3) is 0.889.